The van der Waals surface area contributed by atoms with Gasteiger partial charge in [0.1, 0.15) is 11.9 Å². The fourth-order valence-corrected chi connectivity index (χ4v) is 3.73. The van der Waals surface area contributed by atoms with Crippen molar-refractivity contribution in [2.75, 3.05) is 0 Å². The number of nitrogens with zero attached hydrogens (tertiary/aromatic N) is 3. The summed E-state index contributed by atoms with van der Waals surface area (Å²) in [6, 6.07) is 25.3. The zero-order valence-corrected chi connectivity index (χ0v) is 16.0. The number of nitrogens with one attached hydrogen (secondary N) is 1. The van der Waals surface area contributed by atoms with E-state index in [-0.39, 0.29) is 11.6 Å². The Morgan fingerprint density at radius 1 is 0.931 bits per heavy atom. The third-order valence-corrected chi connectivity index (χ3v) is 5.27. The molecule has 1 aromatic heterocycles. The highest BCUT2D eigenvalue weighted by atomic mass is 16.1. The standard InChI is InChI=1S/C24H20N4O/c1-16-11-13-17(14-12-16)21-15-22(27-26-21)23-25-20-10-6-5-9-19(20)24(29)28(23)18-7-3-2-4-8-18/h2-14,22,27H,15H2,1H3. The molecule has 3 aromatic carbocycles. The molecular formula is C24H20N4O. The van der Waals surface area contributed by atoms with Crippen molar-refractivity contribution in [2.45, 2.75) is 19.4 Å². The molecule has 0 saturated heterocycles. The molecule has 5 rings (SSSR count). The topological polar surface area (TPSA) is 59.3 Å². The molecule has 0 saturated carbocycles. The van der Waals surface area contributed by atoms with Gasteiger partial charge in [-0.15, -0.1) is 0 Å². The largest absolute Gasteiger partial charge is 0.299 e. The summed E-state index contributed by atoms with van der Waals surface area (Å²) in [5.41, 5.74) is 7.90. The molecule has 2 heterocycles. The van der Waals surface area contributed by atoms with E-state index < -0.39 is 0 Å². The van der Waals surface area contributed by atoms with Crippen molar-refractivity contribution >= 4 is 16.6 Å². The van der Waals surface area contributed by atoms with E-state index in [4.69, 9.17) is 4.98 Å². The van der Waals surface area contributed by atoms with Gasteiger partial charge in [-0.05, 0) is 36.8 Å². The molecule has 1 aliphatic heterocycles. The van der Waals surface area contributed by atoms with Crippen molar-refractivity contribution in [3.63, 3.8) is 0 Å². The van der Waals surface area contributed by atoms with Gasteiger partial charge in [0, 0.05) is 6.42 Å². The van der Waals surface area contributed by atoms with E-state index in [0.717, 1.165) is 17.0 Å². The lowest BCUT2D eigenvalue weighted by Crippen LogP contribution is -2.28. The van der Waals surface area contributed by atoms with Crippen LogP contribution >= 0.6 is 0 Å². The average molecular weight is 380 g/mol. The summed E-state index contributed by atoms with van der Waals surface area (Å²) in [4.78, 5) is 18.2. The van der Waals surface area contributed by atoms with E-state index in [2.05, 4.69) is 41.7 Å². The number of fused-ring (bicyclic) bond motifs is 1. The van der Waals surface area contributed by atoms with Crippen LogP contribution in [0, 0.1) is 6.92 Å². The van der Waals surface area contributed by atoms with E-state index in [1.807, 2.05) is 54.6 Å². The minimum absolute atomic E-state index is 0.0672. The summed E-state index contributed by atoms with van der Waals surface area (Å²) in [5.74, 6) is 0.672. The van der Waals surface area contributed by atoms with Crippen LogP contribution in [0.15, 0.2) is 88.8 Å². The summed E-state index contributed by atoms with van der Waals surface area (Å²) < 4.78 is 1.70. The van der Waals surface area contributed by atoms with Crippen LogP contribution in [0.2, 0.25) is 0 Å². The van der Waals surface area contributed by atoms with E-state index >= 15 is 0 Å². The molecule has 1 atom stereocenters. The molecule has 0 amide bonds. The fourth-order valence-electron chi connectivity index (χ4n) is 3.73. The first kappa shape index (κ1) is 17.4. The maximum absolute atomic E-state index is 13.4. The van der Waals surface area contributed by atoms with E-state index in [1.165, 1.54) is 5.56 Å². The van der Waals surface area contributed by atoms with Gasteiger partial charge >= 0.3 is 0 Å². The number of rotatable bonds is 3. The van der Waals surface area contributed by atoms with Crippen molar-refractivity contribution in [1.29, 1.82) is 0 Å². The van der Waals surface area contributed by atoms with Gasteiger partial charge in [0.2, 0.25) is 0 Å². The van der Waals surface area contributed by atoms with E-state index in [9.17, 15) is 4.79 Å². The number of aryl methyl sites for hydroxylation is 1. The highest BCUT2D eigenvalue weighted by Gasteiger charge is 2.27. The van der Waals surface area contributed by atoms with Crippen molar-refractivity contribution < 1.29 is 0 Å². The lowest BCUT2D eigenvalue weighted by Gasteiger charge is -2.18. The van der Waals surface area contributed by atoms with E-state index in [1.54, 1.807) is 4.57 Å². The zero-order valence-electron chi connectivity index (χ0n) is 16.0. The molecule has 0 aliphatic carbocycles. The van der Waals surface area contributed by atoms with Crippen LogP contribution < -0.4 is 11.0 Å². The highest BCUT2D eigenvalue weighted by Crippen LogP contribution is 2.26. The first-order valence-corrected chi connectivity index (χ1v) is 9.67. The average Bonchev–Trinajstić information content (AvgIpc) is 3.25. The minimum Gasteiger partial charge on any atom is -0.299 e. The predicted molar refractivity (Wildman–Crippen MR) is 116 cm³/mol. The zero-order chi connectivity index (χ0) is 19.8. The molecule has 29 heavy (non-hydrogen) atoms. The monoisotopic (exact) mass is 380 g/mol. The van der Waals surface area contributed by atoms with Crippen LogP contribution in [0.1, 0.15) is 29.4 Å². The van der Waals surface area contributed by atoms with Crippen LogP contribution in [0.4, 0.5) is 0 Å². The number of benzene rings is 3. The Bertz CT molecular complexity index is 1270. The van der Waals surface area contributed by atoms with Gasteiger partial charge in [0.05, 0.1) is 22.3 Å². The molecular weight excluding hydrogens is 360 g/mol. The third-order valence-electron chi connectivity index (χ3n) is 5.27. The lowest BCUT2D eigenvalue weighted by molar-refractivity contribution is 0.565. The van der Waals surface area contributed by atoms with Crippen molar-refractivity contribution in [2.24, 2.45) is 5.10 Å². The second kappa shape index (κ2) is 7.02. The van der Waals surface area contributed by atoms with Crippen LogP contribution in [-0.2, 0) is 0 Å². The second-order valence-electron chi connectivity index (χ2n) is 7.27. The Morgan fingerprint density at radius 2 is 1.66 bits per heavy atom. The number of para-hydroxylation sites is 2. The van der Waals surface area contributed by atoms with Crippen LogP contribution in [0.5, 0.6) is 0 Å². The Morgan fingerprint density at radius 3 is 2.45 bits per heavy atom. The summed E-state index contributed by atoms with van der Waals surface area (Å²) in [6.45, 7) is 2.07. The highest BCUT2D eigenvalue weighted by molar-refractivity contribution is 6.01. The number of hydrazone groups is 1. The molecule has 1 N–H and O–H groups in total. The molecule has 5 heteroatoms. The summed E-state index contributed by atoms with van der Waals surface area (Å²) >= 11 is 0. The maximum Gasteiger partial charge on any atom is 0.266 e. The smallest absolute Gasteiger partial charge is 0.266 e. The van der Waals surface area contributed by atoms with Gasteiger partial charge in [-0.3, -0.25) is 14.8 Å². The molecule has 5 nitrogen and oxygen atoms in total. The van der Waals surface area contributed by atoms with Crippen molar-refractivity contribution in [1.82, 2.24) is 15.0 Å². The van der Waals surface area contributed by atoms with E-state index in [0.29, 0.717) is 23.1 Å². The van der Waals surface area contributed by atoms with Crippen molar-refractivity contribution in [3.8, 4) is 5.69 Å². The molecule has 142 valence electrons. The van der Waals surface area contributed by atoms with Crippen LogP contribution in [0.25, 0.3) is 16.6 Å². The molecule has 4 aromatic rings. The van der Waals surface area contributed by atoms with Crippen LogP contribution in [-0.4, -0.2) is 15.3 Å². The molecule has 0 bridgehead atoms. The molecule has 0 fully saturated rings. The number of aromatic nitrogens is 2. The first-order valence-electron chi connectivity index (χ1n) is 9.67. The second-order valence-corrected chi connectivity index (χ2v) is 7.27. The van der Waals surface area contributed by atoms with Crippen LogP contribution in [0.3, 0.4) is 0 Å². The van der Waals surface area contributed by atoms with Crippen molar-refractivity contribution in [3.05, 3.63) is 106 Å². The molecule has 0 radical (unpaired) electrons. The van der Waals surface area contributed by atoms with Gasteiger partial charge in [0.25, 0.3) is 5.56 Å². The predicted octanol–water partition coefficient (Wildman–Crippen LogP) is 4.13. The molecule has 1 unspecified atom stereocenters. The summed E-state index contributed by atoms with van der Waals surface area (Å²) in [6.07, 6.45) is 0.667. The minimum atomic E-state index is -0.177. The Kier molecular flexibility index (Phi) is 4.21. The van der Waals surface area contributed by atoms with Gasteiger partial charge in [0.15, 0.2) is 0 Å². The lowest BCUT2D eigenvalue weighted by atomic mass is 10.0. The SMILES string of the molecule is Cc1ccc(C2=NNC(c3nc4ccccc4c(=O)n3-c3ccccc3)C2)cc1. The normalized spacial score (nSPS) is 15.9. The Hall–Kier alpha value is -3.73. The first-order chi connectivity index (χ1) is 14.2. The van der Waals surface area contributed by atoms with Gasteiger partial charge < -0.3 is 0 Å². The number of hydrogen-bond donors (Lipinski definition) is 1. The summed E-state index contributed by atoms with van der Waals surface area (Å²) in [7, 11) is 0. The molecule has 1 aliphatic rings. The van der Waals surface area contributed by atoms with Gasteiger partial charge in [-0.25, -0.2) is 4.98 Å². The molecule has 0 spiro atoms. The summed E-state index contributed by atoms with van der Waals surface area (Å²) in [5, 5.41) is 5.16. The van der Waals surface area contributed by atoms with Gasteiger partial charge in [-0.1, -0.05) is 60.2 Å². The maximum atomic E-state index is 13.4. The number of hydrogen-bond acceptors (Lipinski definition) is 4. The quantitative estimate of drug-likeness (QED) is 0.581. The fraction of sp³-hybridized carbons (Fsp3) is 0.125. The third kappa shape index (κ3) is 3.10. The Labute approximate surface area is 168 Å². The van der Waals surface area contributed by atoms with Gasteiger partial charge in [-0.2, -0.15) is 5.10 Å². The Balaban J connectivity index is 1.62.